The molecule has 4 aromatic rings. The lowest BCUT2D eigenvalue weighted by Gasteiger charge is -2.18. The summed E-state index contributed by atoms with van der Waals surface area (Å²) in [4.78, 5) is 11.5. The molecule has 0 bridgehead atoms. The lowest BCUT2D eigenvalue weighted by atomic mass is 10.1. The van der Waals surface area contributed by atoms with E-state index in [0.717, 1.165) is 37.4 Å². The van der Waals surface area contributed by atoms with Crippen LogP contribution in [0.4, 0.5) is 5.69 Å². The van der Waals surface area contributed by atoms with Crippen LogP contribution in [0.1, 0.15) is 12.2 Å². The van der Waals surface area contributed by atoms with Crippen molar-refractivity contribution >= 4 is 27.5 Å². The van der Waals surface area contributed by atoms with Crippen LogP contribution in [-0.4, -0.2) is 38.6 Å². The van der Waals surface area contributed by atoms with Gasteiger partial charge in [-0.05, 0) is 30.7 Å². The molecule has 2 aromatic carbocycles. The lowest BCUT2D eigenvalue weighted by Crippen LogP contribution is -2.27. The van der Waals surface area contributed by atoms with E-state index >= 15 is 0 Å². The van der Waals surface area contributed by atoms with E-state index in [2.05, 4.69) is 75.3 Å². The number of pyridine rings is 1. The van der Waals surface area contributed by atoms with Crippen LogP contribution in [-0.2, 0) is 13.6 Å². The fourth-order valence-electron chi connectivity index (χ4n) is 4.10. The molecule has 1 aliphatic heterocycles. The summed E-state index contributed by atoms with van der Waals surface area (Å²) in [5, 5.41) is 6.16. The summed E-state index contributed by atoms with van der Waals surface area (Å²) in [5.41, 5.74) is 3.48. The van der Waals surface area contributed by atoms with Gasteiger partial charge in [-0.15, -0.1) is 0 Å². The van der Waals surface area contributed by atoms with E-state index in [9.17, 15) is 0 Å². The van der Waals surface area contributed by atoms with Gasteiger partial charge in [-0.3, -0.25) is 9.88 Å². The summed E-state index contributed by atoms with van der Waals surface area (Å²) in [6, 6.07) is 17.3. The number of nitrogens with zero attached hydrogens (tertiary/aromatic N) is 4. The number of fused-ring (bicyclic) bond motifs is 2. The number of hydrogen-bond acceptors (Lipinski definition) is 4. The highest BCUT2D eigenvalue weighted by atomic mass is 15.2. The van der Waals surface area contributed by atoms with Crippen molar-refractivity contribution < 1.29 is 0 Å². The number of para-hydroxylation sites is 2. The minimum Gasteiger partial charge on any atom is -0.380 e. The van der Waals surface area contributed by atoms with Gasteiger partial charge in [0.05, 0.1) is 17.6 Å². The predicted molar refractivity (Wildman–Crippen MR) is 110 cm³/mol. The molecule has 1 N–H and O–H groups in total. The highest BCUT2D eigenvalue weighted by molar-refractivity contribution is 5.93. The molecule has 5 rings (SSSR count). The molecule has 1 aliphatic rings. The van der Waals surface area contributed by atoms with Crippen molar-refractivity contribution in [2.24, 2.45) is 7.05 Å². The molecule has 27 heavy (non-hydrogen) atoms. The molecule has 5 nitrogen and oxygen atoms in total. The average molecular weight is 357 g/mol. The molecule has 0 amide bonds. The molecule has 1 saturated heterocycles. The number of anilines is 1. The fourth-order valence-corrected chi connectivity index (χ4v) is 4.10. The fraction of sp³-hybridized carbons (Fsp3) is 0.273. The zero-order chi connectivity index (χ0) is 18.2. The van der Waals surface area contributed by atoms with E-state index in [4.69, 9.17) is 4.98 Å². The summed E-state index contributed by atoms with van der Waals surface area (Å²) in [5.74, 6) is 1.13. The van der Waals surface area contributed by atoms with E-state index in [1.807, 2.05) is 12.4 Å². The minimum absolute atomic E-state index is 0.457. The van der Waals surface area contributed by atoms with Crippen LogP contribution in [0.2, 0.25) is 0 Å². The first-order valence-corrected chi connectivity index (χ1v) is 9.50. The van der Waals surface area contributed by atoms with Gasteiger partial charge in [-0.25, -0.2) is 4.98 Å². The largest absolute Gasteiger partial charge is 0.380 e. The van der Waals surface area contributed by atoms with Crippen molar-refractivity contribution in [3.05, 3.63) is 66.7 Å². The Bertz CT molecular complexity index is 1090. The van der Waals surface area contributed by atoms with Gasteiger partial charge < -0.3 is 9.88 Å². The molecule has 3 heterocycles. The Kier molecular flexibility index (Phi) is 4.02. The first-order chi connectivity index (χ1) is 13.3. The smallest absolute Gasteiger partial charge is 0.123 e. The summed E-state index contributed by atoms with van der Waals surface area (Å²) >= 11 is 0. The van der Waals surface area contributed by atoms with E-state index < -0.39 is 0 Å². The summed E-state index contributed by atoms with van der Waals surface area (Å²) in [7, 11) is 2.11. The van der Waals surface area contributed by atoms with Gasteiger partial charge in [0.2, 0.25) is 0 Å². The number of likely N-dealkylation sites (tertiary alicyclic amines) is 1. The van der Waals surface area contributed by atoms with Crippen LogP contribution in [0.25, 0.3) is 21.8 Å². The maximum Gasteiger partial charge on any atom is 0.123 e. The molecule has 2 aromatic heterocycles. The van der Waals surface area contributed by atoms with Crippen LogP contribution in [0.5, 0.6) is 0 Å². The number of hydrogen-bond donors (Lipinski definition) is 1. The quantitative estimate of drug-likeness (QED) is 0.603. The summed E-state index contributed by atoms with van der Waals surface area (Å²) < 4.78 is 2.22. The van der Waals surface area contributed by atoms with E-state index in [0.29, 0.717) is 6.04 Å². The van der Waals surface area contributed by atoms with Crippen LogP contribution in [0, 0.1) is 0 Å². The third kappa shape index (κ3) is 3.04. The van der Waals surface area contributed by atoms with Gasteiger partial charge >= 0.3 is 0 Å². The number of benzene rings is 2. The zero-order valence-corrected chi connectivity index (χ0v) is 15.5. The van der Waals surface area contributed by atoms with Gasteiger partial charge in [0.1, 0.15) is 5.82 Å². The van der Waals surface area contributed by atoms with Gasteiger partial charge in [0.15, 0.2) is 0 Å². The molecule has 1 atom stereocenters. The van der Waals surface area contributed by atoms with E-state index in [1.54, 1.807) is 0 Å². The van der Waals surface area contributed by atoms with Crippen LogP contribution < -0.4 is 5.32 Å². The molecule has 0 spiro atoms. The standard InChI is InChI=1S/C22H23N5/c1-26-21-8-3-2-6-20(21)25-22(26)15-27-12-10-17(14-27)24-19-7-4-5-16-13-23-11-9-18(16)19/h2-9,11,13,17,24H,10,12,14-15H2,1H3. The van der Waals surface area contributed by atoms with Crippen molar-refractivity contribution in [2.75, 3.05) is 18.4 Å². The number of aromatic nitrogens is 3. The van der Waals surface area contributed by atoms with E-state index in [-0.39, 0.29) is 0 Å². The first-order valence-electron chi connectivity index (χ1n) is 9.50. The van der Waals surface area contributed by atoms with Crippen LogP contribution in [0.3, 0.4) is 0 Å². The topological polar surface area (TPSA) is 46.0 Å². The molecule has 1 unspecified atom stereocenters. The predicted octanol–water partition coefficient (Wildman–Crippen LogP) is 3.81. The highest BCUT2D eigenvalue weighted by Crippen LogP contribution is 2.25. The Morgan fingerprint density at radius 1 is 1.11 bits per heavy atom. The van der Waals surface area contributed by atoms with Crippen molar-refractivity contribution in [3.63, 3.8) is 0 Å². The second kappa shape index (κ2) is 6.67. The van der Waals surface area contributed by atoms with Gasteiger partial charge in [0, 0.05) is 55.0 Å². The maximum atomic E-state index is 4.82. The monoisotopic (exact) mass is 357 g/mol. The van der Waals surface area contributed by atoms with Crippen molar-refractivity contribution in [2.45, 2.75) is 19.0 Å². The second-order valence-corrected chi connectivity index (χ2v) is 7.34. The van der Waals surface area contributed by atoms with Gasteiger partial charge in [-0.1, -0.05) is 24.3 Å². The molecule has 136 valence electrons. The van der Waals surface area contributed by atoms with Gasteiger partial charge in [0.25, 0.3) is 0 Å². The maximum absolute atomic E-state index is 4.82. The Morgan fingerprint density at radius 2 is 2.04 bits per heavy atom. The van der Waals surface area contributed by atoms with Crippen molar-refractivity contribution in [3.8, 4) is 0 Å². The average Bonchev–Trinajstić information content (AvgIpc) is 3.27. The summed E-state index contributed by atoms with van der Waals surface area (Å²) in [6.07, 6.45) is 4.93. The molecule has 1 fully saturated rings. The van der Waals surface area contributed by atoms with Crippen molar-refractivity contribution in [1.29, 1.82) is 0 Å². The molecule has 5 heteroatoms. The third-order valence-electron chi connectivity index (χ3n) is 5.56. The van der Waals surface area contributed by atoms with E-state index in [1.165, 1.54) is 22.0 Å². The lowest BCUT2D eigenvalue weighted by molar-refractivity contribution is 0.317. The summed E-state index contributed by atoms with van der Waals surface area (Å²) in [6.45, 7) is 3.01. The highest BCUT2D eigenvalue weighted by Gasteiger charge is 2.24. The number of imidazole rings is 1. The molecular formula is C22H23N5. The number of aryl methyl sites for hydroxylation is 1. The Morgan fingerprint density at radius 3 is 2.96 bits per heavy atom. The molecule has 0 radical (unpaired) electrons. The number of nitrogens with one attached hydrogen (secondary N) is 1. The van der Waals surface area contributed by atoms with Crippen molar-refractivity contribution in [1.82, 2.24) is 19.4 Å². The normalized spacial score (nSPS) is 17.7. The first kappa shape index (κ1) is 16.3. The Labute approximate surface area is 158 Å². The zero-order valence-electron chi connectivity index (χ0n) is 15.5. The van der Waals surface area contributed by atoms with Gasteiger partial charge in [-0.2, -0.15) is 0 Å². The van der Waals surface area contributed by atoms with Crippen LogP contribution >= 0.6 is 0 Å². The molecule has 0 saturated carbocycles. The second-order valence-electron chi connectivity index (χ2n) is 7.34. The minimum atomic E-state index is 0.457. The Balaban J connectivity index is 1.30. The number of rotatable bonds is 4. The molecular weight excluding hydrogens is 334 g/mol. The third-order valence-corrected chi connectivity index (χ3v) is 5.56. The SMILES string of the molecule is Cn1c(CN2CCC(Nc3cccc4cnccc34)C2)nc2ccccc21. The Hall–Kier alpha value is -2.92. The molecule has 0 aliphatic carbocycles. The van der Waals surface area contributed by atoms with Crippen LogP contribution in [0.15, 0.2) is 60.9 Å².